The highest BCUT2D eigenvalue weighted by atomic mass is 16.5. The van der Waals surface area contributed by atoms with Crippen LogP contribution in [0.25, 0.3) is 0 Å². The third-order valence-electron chi connectivity index (χ3n) is 2.23. The molecule has 15 heavy (non-hydrogen) atoms. The van der Waals surface area contributed by atoms with Gasteiger partial charge in [0.1, 0.15) is 5.75 Å². The van der Waals surface area contributed by atoms with Crippen LogP contribution >= 0.6 is 0 Å². The van der Waals surface area contributed by atoms with Gasteiger partial charge >= 0.3 is 0 Å². The van der Waals surface area contributed by atoms with E-state index in [1.54, 1.807) is 7.11 Å². The molecule has 82 valence electrons. The van der Waals surface area contributed by atoms with Crippen LogP contribution in [0.4, 0.5) is 0 Å². The van der Waals surface area contributed by atoms with E-state index in [0.717, 1.165) is 16.9 Å². The van der Waals surface area contributed by atoms with E-state index in [1.807, 2.05) is 31.2 Å². The van der Waals surface area contributed by atoms with Gasteiger partial charge in [-0.2, -0.15) is 0 Å². The normalized spacial score (nSPS) is 12.2. The summed E-state index contributed by atoms with van der Waals surface area (Å²) >= 11 is 0. The van der Waals surface area contributed by atoms with E-state index in [0.29, 0.717) is 12.8 Å². The second-order valence-corrected chi connectivity index (χ2v) is 3.83. The molecule has 0 aromatic heterocycles. The van der Waals surface area contributed by atoms with Crippen molar-refractivity contribution in [3.8, 4) is 5.75 Å². The molecule has 0 aliphatic carbocycles. The summed E-state index contributed by atoms with van der Waals surface area (Å²) in [4.78, 5) is 0. The second-order valence-electron chi connectivity index (χ2n) is 3.83. The molecule has 0 amide bonds. The monoisotopic (exact) mass is 206 g/mol. The number of rotatable bonds is 5. The molecular formula is C13H18O2. The highest BCUT2D eigenvalue weighted by molar-refractivity contribution is 5.33. The fourth-order valence-electron chi connectivity index (χ4n) is 1.60. The van der Waals surface area contributed by atoms with E-state index < -0.39 is 0 Å². The number of aliphatic hydroxyl groups excluding tert-OH is 1. The van der Waals surface area contributed by atoms with Gasteiger partial charge < -0.3 is 9.84 Å². The SMILES string of the molecule is C=C(C)CC(O)Cc1ccccc1OC. The van der Waals surface area contributed by atoms with Crippen LogP contribution in [0, 0.1) is 0 Å². The lowest BCUT2D eigenvalue weighted by Gasteiger charge is -2.13. The Morgan fingerprint density at radius 2 is 2.13 bits per heavy atom. The van der Waals surface area contributed by atoms with Gasteiger partial charge in [0.2, 0.25) is 0 Å². The summed E-state index contributed by atoms with van der Waals surface area (Å²) in [6.45, 7) is 5.71. The van der Waals surface area contributed by atoms with E-state index in [1.165, 1.54) is 0 Å². The number of aliphatic hydroxyl groups is 1. The number of benzene rings is 1. The lowest BCUT2D eigenvalue weighted by atomic mass is 10.0. The van der Waals surface area contributed by atoms with Crippen LogP contribution in [0.15, 0.2) is 36.4 Å². The van der Waals surface area contributed by atoms with E-state index >= 15 is 0 Å². The molecule has 0 aliphatic rings. The van der Waals surface area contributed by atoms with Crippen molar-refractivity contribution in [2.24, 2.45) is 0 Å². The Labute approximate surface area is 91.2 Å². The number of hydrogen-bond acceptors (Lipinski definition) is 2. The van der Waals surface area contributed by atoms with E-state index in [4.69, 9.17) is 4.74 Å². The Balaban J connectivity index is 2.67. The van der Waals surface area contributed by atoms with Crippen molar-refractivity contribution < 1.29 is 9.84 Å². The van der Waals surface area contributed by atoms with Gasteiger partial charge in [0.05, 0.1) is 13.2 Å². The molecule has 2 nitrogen and oxygen atoms in total. The molecular weight excluding hydrogens is 188 g/mol. The minimum Gasteiger partial charge on any atom is -0.496 e. The van der Waals surface area contributed by atoms with Crippen molar-refractivity contribution in [1.82, 2.24) is 0 Å². The predicted octanol–water partition coefficient (Wildman–Crippen LogP) is 2.56. The molecule has 0 saturated heterocycles. The van der Waals surface area contributed by atoms with E-state index in [9.17, 15) is 5.11 Å². The molecule has 1 atom stereocenters. The molecule has 0 spiro atoms. The maximum absolute atomic E-state index is 9.78. The number of para-hydroxylation sites is 1. The van der Waals surface area contributed by atoms with Crippen molar-refractivity contribution in [3.05, 3.63) is 42.0 Å². The van der Waals surface area contributed by atoms with Crippen LogP contribution in [0.3, 0.4) is 0 Å². The van der Waals surface area contributed by atoms with Crippen LogP contribution in [0.5, 0.6) is 5.75 Å². The first kappa shape index (κ1) is 11.8. The second kappa shape index (κ2) is 5.56. The summed E-state index contributed by atoms with van der Waals surface area (Å²) in [6, 6.07) is 7.75. The average Bonchev–Trinajstić information content (AvgIpc) is 2.17. The Hall–Kier alpha value is -1.28. The fraction of sp³-hybridized carbons (Fsp3) is 0.385. The van der Waals surface area contributed by atoms with Crippen LogP contribution in [0.2, 0.25) is 0 Å². The smallest absolute Gasteiger partial charge is 0.122 e. The number of methoxy groups -OCH3 is 1. The molecule has 1 aromatic carbocycles. The van der Waals surface area contributed by atoms with Crippen LogP contribution in [-0.4, -0.2) is 18.3 Å². The predicted molar refractivity (Wildman–Crippen MR) is 62.1 cm³/mol. The lowest BCUT2D eigenvalue weighted by Crippen LogP contribution is -2.11. The van der Waals surface area contributed by atoms with Gasteiger partial charge in [-0.25, -0.2) is 0 Å². The van der Waals surface area contributed by atoms with Crippen molar-refractivity contribution in [2.75, 3.05) is 7.11 Å². The van der Waals surface area contributed by atoms with Gasteiger partial charge in [0.25, 0.3) is 0 Å². The zero-order valence-corrected chi connectivity index (χ0v) is 9.36. The Morgan fingerprint density at radius 1 is 1.47 bits per heavy atom. The molecule has 2 heteroatoms. The van der Waals surface area contributed by atoms with E-state index in [2.05, 4.69) is 6.58 Å². The molecule has 0 fully saturated rings. The number of hydrogen-bond donors (Lipinski definition) is 1. The number of ether oxygens (including phenoxy) is 1. The van der Waals surface area contributed by atoms with Crippen molar-refractivity contribution in [3.63, 3.8) is 0 Å². The minimum absolute atomic E-state index is 0.376. The van der Waals surface area contributed by atoms with Crippen molar-refractivity contribution in [1.29, 1.82) is 0 Å². The molecule has 1 rings (SSSR count). The molecule has 0 bridgehead atoms. The largest absolute Gasteiger partial charge is 0.496 e. The molecule has 0 saturated carbocycles. The maximum Gasteiger partial charge on any atom is 0.122 e. The summed E-state index contributed by atoms with van der Waals surface area (Å²) in [5.74, 6) is 0.832. The first-order chi connectivity index (χ1) is 7.13. The molecule has 1 aromatic rings. The first-order valence-electron chi connectivity index (χ1n) is 5.08. The Bertz CT molecular complexity index is 331. The summed E-state index contributed by atoms with van der Waals surface area (Å²) < 4.78 is 5.22. The fourth-order valence-corrected chi connectivity index (χ4v) is 1.60. The molecule has 0 heterocycles. The third-order valence-corrected chi connectivity index (χ3v) is 2.23. The summed E-state index contributed by atoms with van der Waals surface area (Å²) in [5.41, 5.74) is 2.03. The first-order valence-corrected chi connectivity index (χ1v) is 5.08. The zero-order chi connectivity index (χ0) is 11.3. The van der Waals surface area contributed by atoms with Gasteiger partial charge in [-0.15, -0.1) is 6.58 Å². The molecule has 0 radical (unpaired) electrons. The molecule has 0 aliphatic heterocycles. The Kier molecular flexibility index (Phi) is 4.37. The summed E-state index contributed by atoms with van der Waals surface area (Å²) in [5, 5.41) is 9.78. The van der Waals surface area contributed by atoms with Crippen LogP contribution < -0.4 is 4.74 Å². The van der Waals surface area contributed by atoms with Gasteiger partial charge in [-0.1, -0.05) is 23.8 Å². The standard InChI is InChI=1S/C13H18O2/c1-10(2)8-12(14)9-11-6-4-5-7-13(11)15-3/h4-7,12,14H,1,8-9H2,2-3H3. The highest BCUT2D eigenvalue weighted by Crippen LogP contribution is 2.20. The van der Waals surface area contributed by atoms with E-state index in [-0.39, 0.29) is 6.10 Å². The van der Waals surface area contributed by atoms with Gasteiger partial charge in [0.15, 0.2) is 0 Å². The summed E-state index contributed by atoms with van der Waals surface area (Å²) in [7, 11) is 1.64. The maximum atomic E-state index is 9.78. The molecule has 1 unspecified atom stereocenters. The van der Waals surface area contributed by atoms with Crippen LogP contribution in [-0.2, 0) is 6.42 Å². The highest BCUT2D eigenvalue weighted by Gasteiger charge is 2.09. The topological polar surface area (TPSA) is 29.5 Å². The minimum atomic E-state index is -0.376. The average molecular weight is 206 g/mol. The molecule has 1 N–H and O–H groups in total. The van der Waals surface area contributed by atoms with Gasteiger partial charge in [-0.05, 0) is 25.0 Å². The summed E-state index contributed by atoms with van der Waals surface area (Å²) in [6.07, 6.45) is 0.869. The van der Waals surface area contributed by atoms with Crippen molar-refractivity contribution in [2.45, 2.75) is 25.9 Å². The zero-order valence-electron chi connectivity index (χ0n) is 9.36. The quantitative estimate of drug-likeness (QED) is 0.750. The van der Waals surface area contributed by atoms with Gasteiger partial charge in [0, 0.05) is 6.42 Å². The lowest BCUT2D eigenvalue weighted by molar-refractivity contribution is 0.174. The van der Waals surface area contributed by atoms with Crippen LogP contribution in [0.1, 0.15) is 18.9 Å². The Morgan fingerprint density at radius 3 is 2.73 bits per heavy atom. The van der Waals surface area contributed by atoms with Crippen molar-refractivity contribution >= 4 is 0 Å². The van der Waals surface area contributed by atoms with Gasteiger partial charge in [-0.3, -0.25) is 0 Å². The third kappa shape index (κ3) is 3.76.